The van der Waals surface area contributed by atoms with Gasteiger partial charge >= 0.3 is 0 Å². The standard InChI is InChI=1S/C27H29FN2O2/c1-32-25-14-9-20(10-15-25)11-16-27(31)30-17-3-4-22(19-30)26-6-2-5-24(29-26)18-21-7-12-23(28)13-8-21/h2,5-10,12-15,22H,3-4,11,16-19H2,1H3. The SMILES string of the molecule is COc1ccc(CCC(=O)N2CCCC(c3cccc(Cc4ccc(F)cc4)n3)C2)cc1. The lowest BCUT2D eigenvalue weighted by molar-refractivity contribution is -0.132. The molecule has 0 N–H and O–H groups in total. The molecular weight excluding hydrogens is 403 g/mol. The number of pyridine rings is 1. The number of halogens is 1. The zero-order valence-corrected chi connectivity index (χ0v) is 18.5. The molecule has 1 fully saturated rings. The normalized spacial score (nSPS) is 16.1. The minimum Gasteiger partial charge on any atom is -0.497 e. The second kappa shape index (κ2) is 10.4. The lowest BCUT2D eigenvalue weighted by Gasteiger charge is -2.32. The van der Waals surface area contributed by atoms with E-state index in [1.165, 1.54) is 12.1 Å². The number of piperidine rings is 1. The second-order valence-corrected chi connectivity index (χ2v) is 8.38. The summed E-state index contributed by atoms with van der Waals surface area (Å²) in [6, 6.07) is 20.6. The van der Waals surface area contributed by atoms with Crippen LogP contribution in [0.15, 0.2) is 66.7 Å². The number of aromatic nitrogens is 1. The second-order valence-electron chi connectivity index (χ2n) is 8.38. The highest BCUT2D eigenvalue weighted by Gasteiger charge is 2.25. The van der Waals surface area contributed by atoms with Crippen LogP contribution in [0, 0.1) is 5.82 Å². The van der Waals surface area contributed by atoms with Crippen LogP contribution in [-0.2, 0) is 17.6 Å². The first kappa shape index (κ1) is 22.0. The number of carbonyl (C=O) groups excluding carboxylic acids is 1. The number of nitrogens with zero attached hydrogens (tertiary/aromatic N) is 2. The number of benzene rings is 2. The van der Waals surface area contributed by atoms with Gasteiger partial charge in [0.2, 0.25) is 5.91 Å². The molecule has 4 rings (SSSR count). The van der Waals surface area contributed by atoms with Gasteiger partial charge in [-0.3, -0.25) is 9.78 Å². The lowest BCUT2D eigenvalue weighted by atomic mass is 9.93. The Bertz CT molecular complexity index is 1030. The van der Waals surface area contributed by atoms with Gasteiger partial charge in [-0.15, -0.1) is 0 Å². The van der Waals surface area contributed by atoms with E-state index in [9.17, 15) is 9.18 Å². The summed E-state index contributed by atoms with van der Waals surface area (Å²) < 4.78 is 18.4. The van der Waals surface area contributed by atoms with E-state index in [2.05, 4.69) is 6.07 Å². The molecule has 1 aliphatic heterocycles. The van der Waals surface area contributed by atoms with Crippen molar-refractivity contribution in [3.05, 3.63) is 95.1 Å². The van der Waals surface area contributed by atoms with E-state index < -0.39 is 0 Å². The van der Waals surface area contributed by atoms with Gasteiger partial charge in [-0.25, -0.2) is 4.39 Å². The Hall–Kier alpha value is -3.21. The Morgan fingerprint density at radius 3 is 2.56 bits per heavy atom. The van der Waals surface area contributed by atoms with Crippen molar-refractivity contribution in [2.45, 2.75) is 38.0 Å². The molecular formula is C27H29FN2O2. The van der Waals surface area contributed by atoms with Crippen molar-refractivity contribution >= 4 is 5.91 Å². The zero-order valence-electron chi connectivity index (χ0n) is 18.5. The molecule has 0 radical (unpaired) electrons. The van der Waals surface area contributed by atoms with Gasteiger partial charge in [-0.1, -0.05) is 30.3 Å². The van der Waals surface area contributed by atoms with Crippen LogP contribution >= 0.6 is 0 Å². The van der Waals surface area contributed by atoms with Crippen molar-refractivity contribution < 1.29 is 13.9 Å². The molecule has 1 saturated heterocycles. The number of carbonyl (C=O) groups is 1. The Labute approximate surface area is 189 Å². The van der Waals surface area contributed by atoms with E-state index in [0.29, 0.717) is 19.4 Å². The number of hydrogen-bond donors (Lipinski definition) is 0. The van der Waals surface area contributed by atoms with Crippen LogP contribution in [0.2, 0.25) is 0 Å². The highest BCUT2D eigenvalue weighted by atomic mass is 19.1. The molecule has 1 amide bonds. The summed E-state index contributed by atoms with van der Waals surface area (Å²) >= 11 is 0. The van der Waals surface area contributed by atoms with Crippen LogP contribution in [-0.4, -0.2) is 36.0 Å². The average Bonchev–Trinajstić information content (AvgIpc) is 2.84. The summed E-state index contributed by atoms with van der Waals surface area (Å²) in [6.07, 6.45) is 3.94. The maximum atomic E-state index is 13.2. The first-order chi connectivity index (χ1) is 15.6. The fourth-order valence-corrected chi connectivity index (χ4v) is 4.28. The average molecular weight is 433 g/mol. The summed E-state index contributed by atoms with van der Waals surface area (Å²) in [4.78, 5) is 19.7. The summed E-state index contributed by atoms with van der Waals surface area (Å²) in [5, 5.41) is 0. The fourth-order valence-electron chi connectivity index (χ4n) is 4.28. The van der Waals surface area contributed by atoms with Crippen molar-refractivity contribution in [3.8, 4) is 5.75 Å². The van der Waals surface area contributed by atoms with Gasteiger partial charge in [-0.05, 0) is 66.8 Å². The Balaban J connectivity index is 1.35. The van der Waals surface area contributed by atoms with Gasteiger partial charge in [0, 0.05) is 43.2 Å². The molecule has 0 saturated carbocycles. The van der Waals surface area contributed by atoms with Gasteiger partial charge < -0.3 is 9.64 Å². The van der Waals surface area contributed by atoms with E-state index in [0.717, 1.165) is 54.1 Å². The Kier molecular flexibility index (Phi) is 7.15. The minimum atomic E-state index is -0.227. The number of rotatable bonds is 7. The van der Waals surface area contributed by atoms with Gasteiger partial charge in [-0.2, -0.15) is 0 Å². The van der Waals surface area contributed by atoms with Crippen molar-refractivity contribution in [1.82, 2.24) is 9.88 Å². The van der Waals surface area contributed by atoms with Crippen LogP contribution in [0.1, 0.15) is 47.7 Å². The third-order valence-corrected chi connectivity index (χ3v) is 6.11. The third kappa shape index (κ3) is 5.72. The monoisotopic (exact) mass is 432 g/mol. The molecule has 5 heteroatoms. The van der Waals surface area contributed by atoms with E-state index >= 15 is 0 Å². The Morgan fingerprint density at radius 2 is 1.81 bits per heavy atom. The maximum Gasteiger partial charge on any atom is 0.222 e. The highest BCUT2D eigenvalue weighted by molar-refractivity contribution is 5.76. The van der Waals surface area contributed by atoms with E-state index in [1.807, 2.05) is 41.3 Å². The predicted octanol–water partition coefficient (Wildman–Crippen LogP) is 5.16. The number of aryl methyl sites for hydroxylation is 1. The van der Waals surface area contributed by atoms with Crippen LogP contribution in [0.5, 0.6) is 5.75 Å². The van der Waals surface area contributed by atoms with Crippen LogP contribution in [0.3, 0.4) is 0 Å². The number of ether oxygens (including phenoxy) is 1. The molecule has 2 aromatic carbocycles. The molecule has 3 aromatic rings. The molecule has 166 valence electrons. The predicted molar refractivity (Wildman–Crippen MR) is 123 cm³/mol. The summed E-state index contributed by atoms with van der Waals surface area (Å²) in [7, 11) is 1.65. The third-order valence-electron chi connectivity index (χ3n) is 6.11. The zero-order chi connectivity index (χ0) is 22.3. The fraction of sp³-hybridized carbons (Fsp3) is 0.333. The summed E-state index contributed by atoms with van der Waals surface area (Å²) in [5.41, 5.74) is 4.19. The molecule has 4 nitrogen and oxygen atoms in total. The molecule has 1 aliphatic rings. The van der Waals surface area contributed by atoms with Gasteiger partial charge in [0.1, 0.15) is 11.6 Å². The van der Waals surface area contributed by atoms with Crippen molar-refractivity contribution in [2.24, 2.45) is 0 Å². The molecule has 1 atom stereocenters. The molecule has 2 heterocycles. The maximum absolute atomic E-state index is 13.2. The molecule has 1 aromatic heterocycles. The molecule has 0 bridgehead atoms. The molecule has 0 spiro atoms. The summed E-state index contributed by atoms with van der Waals surface area (Å²) in [6.45, 7) is 1.53. The van der Waals surface area contributed by atoms with Crippen molar-refractivity contribution in [2.75, 3.05) is 20.2 Å². The first-order valence-electron chi connectivity index (χ1n) is 11.2. The quantitative estimate of drug-likeness (QED) is 0.518. The van der Waals surface area contributed by atoms with Crippen LogP contribution in [0.4, 0.5) is 4.39 Å². The van der Waals surface area contributed by atoms with Gasteiger partial charge in [0.15, 0.2) is 0 Å². The molecule has 0 aliphatic carbocycles. The minimum absolute atomic E-state index is 0.202. The van der Waals surface area contributed by atoms with Crippen molar-refractivity contribution in [1.29, 1.82) is 0 Å². The van der Waals surface area contributed by atoms with E-state index in [4.69, 9.17) is 9.72 Å². The van der Waals surface area contributed by atoms with Gasteiger partial charge in [0.05, 0.1) is 7.11 Å². The van der Waals surface area contributed by atoms with E-state index in [1.54, 1.807) is 19.2 Å². The molecule has 1 unspecified atom stereocenters. The van der Waals surface area contributed by atoms with Crippen molar-refractivity contribution in [3.63, 3.8) is 0 Å². The van der Waals surface area contributed by atoms with E-state index in [-0.39, 0.29) is 17.6 Å². The van der Waals surface area contributed by atoms with Crippen LogP contribution in [0.25, 0.3) is 0 Å². The Morgan fingerprint density at radius 1 is 1.06 bits per heavy atom. The number of amides is 1. The lowest BCUT2D eigenvalue weighted by Crippen LogP contribution is -2.39. The van der Waals surface area contributed by atoms with Crippen LogP contribution < -0.4 is 4.74 Å². The number of likely N-dealkylation sites (tertiary alicyclic amines) is 1. The largest absolute Gasteiger partial charge is 0.497 e. The number of hydrogen-bond acceptors (Lipinski definition) is 3. The first-order valence-corrected chi connectivity index (χ1v) is 11.2. The topological polar surface area (TPSA) is 42.4 Å². The summed E-state index contributed by atoms with van der Waals surface area (Å²) in [5.74, 6) is 1.05. The van der Waals surface area contributed by atoms with Gasteiger partial charge in [0.25, 0.3) is 0 Å². The smallest absolute Gasteiger partial charge is 0.222 e. The number of methoxy groups -OCH3 is 1. The highest BCUT2D eigenvalue weighted by Crippen LogP contribution is 2.27. The molecule has 32 heavy (non-hydrogen) atoms.